The van der Waals surface area contributed by atoms with Crippen LogP contribution in [0.4, 0.5) is 0 Å². The third kappa shape index (κ3) is 5.23. The summed E-state index contributed by atoms with van der Waals surface area (Å²) in [6, 6.07) is 10.1. The molecule has 0 unspecified atom stereocenters. The van der Waals surface area contributed by atoms with Crippen molar-refractivity contribution >= 4 is 0 Å². The summed E-state index contributed by atoms with van der Waals surface area (Å²) in [5.74, 6) is 2.80. The molecule has 1 aromatic carbocycles. The summed E-state index contributed by atoms with van der Waals surface area (Å²) >= 11 is 0. The molecule has 0 aliphatic carbocycles. The van der Waals surface area contributed by atoms with Crippen molar-refractivity contribution in [3.63, 3.8) is 0 Å². The Morgan fingerprint density at radius 1 is 1.05 bits per heavy atom. The van der Waals surface area contributed by atoms with Gasteiger partial charge in [0.1, 0.15) is 5.75 Å². The number of hydrogen-bond donors (Lipinski definition) is 1. The molecule has 1 heterocycles. The topological polar surface area (TPSA) is 13.7 Å². The maximum absolute atomic E-state index is 5.73. The fourth-order valence-electron chi connectivity index (χ4n) is 3.31. The number of hydrogen-bond acceptors (Lipinski definition) is 1. The number of piperidine rings is 1. The fourth-order valence-corrected chi connectivity index (χ4v) is 3.31. The van der Waals surface area contributed by atoms with Crippen molar-refractivity contribution in [2.45, 2.75) is 33.1 Å². The van der Waals surface area contributed by atoms with Gasteiger partial charge in [-0.15, -0.1) is 0 Å². The van der Waals surface area contributed by atoms with Crippen molar-refractivity contribution in [2.24, 2.45) is 11.8 Å². The van der Waals surface area contributed by atoms with Gasteiger partial charge in [0.15, 0.2) is 0 Å². The van der Waals surface area contributed by atoms with Gasteiger partial charge >= 0.3 is 0 Å². The molecule has 0 amide bonds. The van der Waals surface area contributed by atoms with E-state index in [-0.39, 0.29) is 0 Å². The van der Waals surface area contributed by atoms with Crippen LogP contribution in [0.2, 0.25) is 0 Å². The van der Waals surface area contributed by atoms with Crippen molar-refractivity contribution in [1.29, 1.82) is 0 Å². The first-order chi connectivity index (χ1) is 9.24. The first-order valence-electron chi connectivity index (χ1n) is 7.75. The summed E-state index contributed by atoms with van der Waals surface area (Å²) in [5, 5.41) is 0. The normalized spacial score (nSPS) is 27.2. The third-order valence-corrected chi connectivity index (χ3v) is 4.02. The van der Waals surface area contributed by atoms with Gasteiger partial charge in [-0.05, 0) is 31.4 Å². The van der Waals surface area contributed by atoms with Crippen LogP contribution < -0.4 is 9.64 Å². The lowest BCUT2D eigenvalue weighted by atomic mass is 9.92. The highest BCUT2D eigenvalue weighted by atomic mass is 16.5. The Morgan fingerprint density at radius 2 is 1.74 bits per heavy atom. The maximum atomic E-state index is 5.73. The molecule has 0 radical (unpaired) electrons. The van der Waals surface area contributed by atoms with Crippen LogP contribution in [-0.4, -0.2) is 26.2 Å². The van der Waals surface area contributed by atoms with E-state index >= 15 is 0 Å². The minimum Gasteiger partial charge on any atom is -0.494 e. The van der Waals surface area contributed by atoms with E-state index < -0.39 is 0 Å². The second kappa shape index (κ2) is 7.54. The molecular weight excluding hydrogens is 234 g/mol. The lowest BCUT2D eigenvalue weighted by molar-refractivity contribution is -0.912. The Bertz CT molecular complexity index is 342. The lowest BCUT2D eigenvalue weighted by Crippen LogP contribution is -3.14. The van der Waals surface area contributed by atoms with E-state index in [0.29, 0.717) is 0 Å². The first-order valence-corrected chi connectivity index (χ1v) is 7.75. The number of ether oxygens (including phenoxy) is 1. The van der Waals surface area contributed by atoms with Crippen LogP contribution in [0, 0.1) is 11.8 Å². The lowest BCUT2D eigenvalue weighted by Gasteiger charge is -2.32. The van der Waals surface area contributed by atoms with E-state index in [0.717, 1.165) is 24.2 Å². The number of rotatable bonds is 6. The Hall–Kier alpha value is -1.02. The third-order valence-electron chi connectivity index (χ3n) is 4.02. The largest absolute Gasteiger partial charge is 0.494 e. The predicted octanol–water partition coefficient (Wildman–Crippen LogP) is 2.41. The zero-order valence-corrected chi connectivity index (χ0v) is 12.4. The summed E-state index contributed by atoms with van der Waals surface area (Å²) in [5.41, 5.74) is 0. The van der Waals surface area contributed by atoms with Gasteiger partial charge in [-0.25, -0.2) is 0 Å². The number of nitrogens with one attached hydrogen (secondary N) is 1. The molecule has 1 aliphatic rings. The van der Waals surface area contributed by atoms with Crippen molar-refractivity contribution in [3.05, 3.63) is 30.3 Å². The molecule has 1 aromatic rings. The van der Waals surface area contributed by atoms with E-state index in [2.05, 4.69) is 13.8 Å². The Kier molecular flexibility index (Phi) is 5.71. The van der Waals surface area contributed by atoms with Gasteiger partial charge in [0.05, 0.1) is 26.2 Å². The van der Waals surface area contributed by atoms with Gasteiger partial charge in [0, 0.05) is 11.8 Å². The van der Waals surface area contributed by atoms with Gasteiger partial charge < -0.3 is 9.64 Å². The van der Waals surface area contributed by atoms with Gasteiger partial charge in [-0.1, -0.05) is 32.0 Å². The number of quaternary nitrogens is 1. The van der Waals surface area contributed by atoms with Gasteiger partial charge in [0.25, 0.3) is 0 Å². The highest BCUT2D eigenvalue weighted by molar-refractivity contribution is 5.20. The molecule has 0 bridgehead atoms. The van der Waals surface area contributed by atoms with Crippen molar-refractivity contribution < 1.29 is 9.64 Å². The van der Waals surface area contributed by atoms with Crippen molar-refractivity contribution in [2.75, 3.05) is 26.2 Å². The molecule has 1 saturated heterocycles. The quantitative estimate of drug-likeness (QED) is 0.777. The molecule has 2 rings (SSSR count). The van der Waals surface area contributed by atoms with E-state index in [1.165, 1.54) is 38.9 Å². The average Bonchev–Trinajstić information content (AvgIpc) is 2.38. The summed E-state index contributed by atoms with van der Waals surface area (Å²) in [7, 11) is 0. The molecule has 0 saturated carbocycles. The fraction of sp³-hybridized carbons (Fsp3) is 0.647. The second-order valence-corrected chi connectivity index (χ2v) is 6.22. The smallest absolute Gasteiger partial charge is 0.119 e. The summed E-state index contributed by atoms with van der Waals surface area (Å²) < 4.78 is 5.73. The minimum absolute atomic E-state index is 0.850. The predicted molar refractivity (Wildman–Crippen MR) is 79.7 cm³/mol. The molecule has 1 N–H and O–H groups in total. The van der Waals surface area contributed by atoms with Crippen LogP contribution in [0.25, 0.3) is 0 Å². The van der Waals surface area contributed by atoms with E-state index in [4.69, 9.17) is 4.74 Å². The molecular formula is C17H28NO+. The average molecular weight is 262 g/mol. The summed E-state index contributed by atoms with van der Waals surface area (Å²) in [6.45, 7) is 9.69. The SMILES string of the molecule is C[C@H]1C[C@H](C)C[NH+](CCCCOc2ccccc2)C1. The van der Waals surface area contributed by atoms with Gasteiger partial charge in [-0.2, -0.15) is 0 Å². The summed E-state index contributed by atoms with van der Waals surface area (Å²) in [4.78, 5) is 1.80. The standard InChI is InChI=1S/C17H27NO/c1-15-12-16(2)14-18(13-15)10-6-7-11-19-17-8-4-3-5-9-17/h3-5,8-9,15-16H,6-7,10-14H2,1-2H3/p+1/t15-,16-/m0/s1. The van der Waals surface area contributed by atoms with Gasteiger partial charge in [0.2, 0.25) is 0 Å². The van der Waals surface area contributed by atoms with E-state index in [1.807, 2.05) is 30.3 Å². The zero-order valence-electron chi connectivity index (χ0n) is 12.4. The molecule has 1 aliphatic heterocycles. The number of para-hydroxylation sites is 1. The van der Waals surface area contributed by atoms with Crippen LogP contribution in [0.15, 0.2) is 30.3 Å². The Balaban J connectivity index is 1.57. The number of benzene rings is 1. The van der Waals surface area contributed by atoms with Crippen LogP contribution >= 0.6 is 0 Å². The number of unbranched alkanes of at least 4 members (excludes halogenated alkanes) is 1. The molecule has 0 aromatic heterocycles. The van der Waals surface area contributed by atoms with Crippen molar-refractivity contribution in [3.8, 4) is 5.75 Å². The van der Waals surface area contributed by atoms with E-state index in [1.54, 1.807) is 4.90 Å². The Labute approximate surface area is 117 Å². The van der Waals surface area contributed by atoms with Crippen LogP contribution in [0.1, 0.15) is 33.1 Å². The highest BCUT2D eigenvalue weighted by Crippen LogP contribution is 2.12. The maximum Gasteiger partial charge on any atom is 0.119 e. The molecule has 2 nitrogen and oxygen atoms in total. The monoisotopic (exact) mass is 262 g/mol. The molecule has 2 atom stereocenters. The molecule has 106 valence electrons. The molecule has 2 heteroatoms. The van der Waals surface area contributed by atoms with Crippen LogP contribution in [0.3, 0.4) is 0 Å². The molecule has 0 spiro atoms. The van der Waals surface area contributed by atoms with Crippen LogP contribution in [0.5, 0.6) is 5.75 Å². The van der Waals surface area contributed by atoms with Crippen molar-refractivity contribution in [1.82, 2.24) is 0 Å². The van der Waals surface area contributed by atoms with Crippen LogP contribution in [-0.2, 0) is 0 Å². The van der Waals surface area contributed by atoms with E-state index in [9.17, 15) is 0 Å². The second-order valence-electron chi connectivity index (χ2n) is 6.22. The zero-order chi connectivity index (χ0) is 13.5. The Morgan fingerprint density at radius 3 is 2.42 bits per heavy atom. The highest BCUT2D eigenvalue weighted by Gasteiger charge is 2.24. The number of likely N-dealkylation sites (tertiary alicyclic amines) is 1. The summed E-state index contributed by atoms with van der Waals surface area (Å²) in [6.07, 6.45) is 3.86. The first kappa shape index (κ1) is 14.4. The minimum atomic E-state index is 0.850. The molecule has 1 fully saturated rings. The molecule has 19 heavy (non-hydrogen) atoms. The van der Waals surface area contributed by atoms with Gasteiger partial charge in [-0.3, -0.25) is 0 Å².